The maximum absolute atomic E-state index is 14.0. The summed E-state index contributed by atoms with van der Waals surface area (Å²) in [5.74, 6) is 1.89. The quantitative estimate of drug-likeness (QED) is 0.106. The van der Waals surface area contributed by atoms with Gasteiger partial charge in [0.15, 0.2) is 0 Å². The molecule has 0 radical (unpaired) electrons. The number of rotatable bonds is 11. The molecule has 3 aliphatic rings. The van der Waals surface area contributed by atoms with Crippen molar-refractivity contribution < 1.29 is 38.1 Å². The lowest BCUT2D eigenvalue weighted by Gasteiger charge is -2.32. The van der Waals surface area contributed by atoms with E-state index in [1.807, 2.05) is 31.7 Å². The van der Waals surface area contributed by atoms with Gasteiger partial charge in [0, 0.05) is 30.6 Å². The molecule has 16 nitrogen and oxygen atoms in total. The monoisotopic (exact) mass is 848 g/mol. The molecule has 7 atom stereocenters. The Morgan fingerprint density at radius 2 is 1.65 bits per heavy atom. The molecule has 2 saturated heterocycles. The van der Waals surface area contributed by atoms with Gasteiger partial charge in [-0.15, -0.1) is 0 Å². The van der Waals surface area contributed by atoms with Crippen LogP contribution in [0.4, 0.5) is 9.59 Å². The summed E-state index contributed by atoms with van der Waals surface area (Å²) in [4.78, 5) is 72.9. The Hall–Kier alpha value is -6.16. The first kappa shape index (κ1) is 42.5. The summed E-state index contributed by atoms with van der Waals surface area (Å²) < 4.78 is 21.5. The van der Waals surface area contributed by atoms with Gasteiger partial charge in [-0.05, 0) is 91.3 Å². The third kappa shape index (κ3) is 7.80. The van der Waals surface area contributed by atoms with Gasteiger partial charge in [0.2, 0.25) is 11.8 Å². The van der Waals surface area contributed by atoms with Crippen LogP contribution in [0.15, 0.2) is 48.7 Å². The van der Waals surface area contributed by atoms with Gasteiger partial charge in [0.05, 0.1) is 55.3 Å². The van der Waals surface area contributed by atoms with Crippen LogP contribution in [0.2, 0.25) is 0 Å². The normalized spacial score (nSPS) is 21.0. The molecule has 0 spiro atoms. The van der Waals surface area contributed by atoms with E-state index >= 15 is 0 Å². The fourth-order valence-electron chi connectivity index (χ4n) is 9.37. The number of methoxy groups -OCH3 is 3. The summed E-state index contributed by atoms with van der Waals surface area (Å²) in [5.41, 5.74) is 6.52. The molecule has 8 rings (SSSR count). The largest absolute Gasteiger partial charge is 0.488 e. The fourth-order valence-corrected chi connectivity index (χ4v) is 9.37. The number of amides is 4. The maximum atomic E-state index is 14.0. The van der Waals surface area contributed by atoms with Gasteiger partial charge < -0.3 is 49.3 Å². The molecule has 2 aromatic heterocycles. The highest BCUT2D eigenvalue weighted by molar-refractivity contribution is 6.07. The maximum Gasteiger partial charge on any atom is 0.407 e. The number of aromatic amines is 2. The van der Waals surface area contributed by atoms with Crippen molar-refractivity contribution in [3.8, 4) is 28.1 Å². The van der Waals surface area contributed by atoms with Gasteiger partial charge in [-0.2, -0.15) is 0 Å². The number of carbonyl (C=O) groups is 4. The third-order valence-corrected chi connectivity index (χ3v) is 13.0. The van der Waals surface area contributed by atoms with Crippen molar-refractivity contribution in [2.75, 3.05) is 27.9 Å². The Bertz CT molecular complexity index is 2510. The predicted octanol–water partition coefficient (Wildman–Crippen LogP) is 7.16. The van der Waals surface area contributed by atoms with Crippen LogP contribution in [0.3, 0.4) is 0 Å². The van der Waals surface area contributed by atoms with Crippen LogP contribution in [0.1, 0.15) is 89.6 Å². The number of aromatic nitrogens is 4. The van der Waals surface area contributed by atoms with Gasteiger partial charge in [-0.3, -0.25) is 9.59 Å². The van der Waals surface area contributed by atoms with Crippen LogP contribution < -0.4 is 15.4 Å². The number of likely N-dealkylation sites (tertiary alicyclic amines) is 2. The molecule has 2 fully saturated rings. The SMILES string of the molecule is CC[C@H]1C[C@@H](c2ncc(-c3ccc4c(c3)COc3cc5c(ccc6[nH]c([C@@H]7CC[C@H](C)N7C(=O)C(NC(=O)OC)C(C)C)nc65)cc3-4)[nH]2)N(C(=O)[C@@H](NC(=O)OC)[C@@H](C)OC)C1. The van der Waals surface area contributed by atoms with Gasteiger partial charge in [-0.1, -0.05) is 45.4 Å². The Kier molecular flexibility index (Phi) is 11.9. The number of nitrogens with one attached hydrogen (secondary N) is 4. The number of fused-ring (bicyclic) bond motifs is 6. The van der Waals surface area contributed by atoms with Crippen molar-refractivity contribution >= 4 is 45.8 Å². The summed E-state index contributed by atoms with van der Waals surface area (Å²) in [6.45, 7) is 10.6. The molecule has 3 aromatic carbocycles. The zero-order valence-corrected chi connectivity index (χ0v) is 36.5. The Morgan fingerprint density at radius 1 is 0.887 bits per heavy atom. The van der Waals surface area contributed by atoms with Crippen LogP contribution in [-0.2, 0) is 30.4 Å². The first-order valence-electron chi connectivity index (χ1n) is 21.5. The second-order valence-electron chi connectivity index (χ2n) is 17.1. The minimum atomic E-state index is -0.922. The molecule has 62 heavy (non-hydrogen) atoms. The number of H-pyrrole nitrogens is 2. The van der Waals surface area contributed by atoms with E-state index in [1.54, 1.807) is 18.0 Å². The summed E-state index contributed by atoms with van der Waals surface area (Å²) in [6, 6.07) is 12.3. The predicted molar refractivity (Wildman–Crippen MR) is 232 cm³/mol. The average Bonchev–Trinajstić information content (AvgIpc) is 4.11. The Balaban J connectivity index is 1.05. The number of ether oxygens (including phenoxy) is 4. The summed E-state index contributed by atoms with van der Waals surface area (Å²) in [5, 5.41) is 7.35. The molecule has 5 heterocycles. The van der Waals surface area contributed by atoms with Crippen LogP contribution in [0.25, 0.3) is 44.2 Å². The molecule has 1 unspecified atom stereocenters. The summed E-state index contributed by atoms with van der Waals surface area (Å²) >= 11 is 0. The number of carbonyl (C=O) groups excluding carboxylic acids is 4. The number of benzene rings is 3. The molecular weight excluding hydrogens is 793 g/mol. The molecule has 4 N–H and O–H groups in total. The van der Waals surface area contributed by atoms with Crippen molar-refractivity contribution in [1.82, 2.24) is 40.4 Å². The number of alkyl carbamates (subject to hydrolysis) is 2. The van der Waals surface area contributed by atoms with Gasteiger partial charge >= 0.3 is 12.2 Å². The first-order valence-corrected chi connectivity index (χ1v) is 21.5. The highest BCUT2D eigenvalue weighted by atomic mass is 16.5. The topological polar surface area (TPSA) is 193 Å². The minimum Gasteiger partial charge on any atom is -0.488 e. The molecule has 0 saturated carbocycles. The van der Waals surface area contributed by atoms with E-state index in [0.29, 0.717) is 24.8 Å². The molecule has 3 aliphatic heterocycles. The zero-order chi connectivity index (χ0) is 44.0. The fraction of sp³-hybridized carbons (Fsp3) is 0.478. The molecule has 328 valence electrons. The van der Waals surface area contributed by atoms with E-state index in [9.17, 15) is 19.2 Å². The van der Waals surface area contributed by atoms with E-state index in [0.717, 1.165) is 81.2 Å². The van der Waals surface area contributed by atoms with Crippen molar-refractivity contribution in [2.45, 2.75) is 103 Å². The van der Waals surface area contributed by atoms with E-state index in [4.69, 9.17) is 28.9 Å². The van der Waals surface area contributed by atoms with Crippen LogP contribution in [-0.4, -0.2) is 106 Å². The smallest absolute Gasteiger partial charge is 0.407 e. The van der Waals surface area contributed by atoms with Crippen molar-refractivity contribution in [2.24, 2.45) is 11.8 Å². The molecule has 5 aromatic rings. The standard InChI is InChI=1S/C46H56N8O8/c1-9-26-16-36(53(21-26)43(55)39(25(5)59-6)52-46(58)61-8)41-47-20-34(49-41)28-11-13-30-29(17-28)22-62-37-19-31-27(18-32(30)37)12-14-33-40(31)50-42(48-33)35-15-10-24(4)54(35)44(56)38(23(2)3)51-45(57)60-7/h11-14,17-20,23-26,35-36,38-39H,9-10,15-16,21-22H2,1-8H3,(H,47,49)(H,48,50)(H,51,57)(H,52,58)/t24-,25+,26-,35-,36-,38?,39-/m0/s1. The van der Waals surface area contributed by atoms with E-state index in [2.05, 4.69) is 63.9 Å². The lowest BCUT2D eigenvalue weighted by molar-refractivity contribution is -0.138. The zero-order valence-electron chi connectivity index (χ0n) is 36.5. The van der Waals surface area contributed by atoms with Gasteiger partial charge in [-0.25, -0.2) is 19.6 Å². The van der Waals surface area contributed by atoms with Crippen molar-refractivity contribution in [3.05, 3.63) is 65.9 Å². The molecule has 0 bridgehead atoms. The van der Waals surface area contributed by atoms with E-state index < -0.39 is 30.4 Å². The third-order valence-electron chi connectivity index (χ3n) is 13.0. The highest BCUT2D eigenvalue weighted by Crippen LogP contribution is 2.44. The van der Waals surface area contributed by atoms with Gasteiger partial charge in [0.25, 0.3) is 0 Å². The highest BCUT2D eigenvalue weighted by Gasteiger charge is 2.43. The van der Waals surface area contributed by atoms with Crippen LogP contribution >= 0.6 is 0 Å². The molecule has 0 aliphatic carbocycles. The summed E-state index contributed by atoms with van der Waals surface area (Å²) in [7, 11) is 4.07. The number of imidazole rings is 2. The van der Waals surface area contributed by atoms with Crippen molar-refractivity contribution in [3.63, 3.8) is 0 Å². The second-order valence-corrected chi connectivity index (χ2v) is 17.1. The van der Waals surface area contributed by atoms with Crippen LogP contribution in [0.5, 0.6) is 5.75 Å². The summed E-state index contributed by atoms with van der Waals surface area (Å²) in [6.07, 6.45) is 3.09. The molecule has 4 amide bonds. The van der Waals surface area contributed by atoms with Crippen LogP contribution in [0, 0.1) is 11.8 Å². The Labute approximate surface area is 360 Å². The van der Waals surface area contributed by atoms with Gasteiger partial charge in [0.1, 0.15) is 36.1 Å². The van der Waals surface area contributed by atoms with E-state index in [-0.39, 0.29) is 41.8 Å². The number of hydrogen-bond donors (Lipinski definition) is 4. The van der Waals surface area contributed by atoms with Crippen molar-refractivity contribution in [1.29, 1.82) is 0 Å². The number of nitrogens with zero attached hydrogens (tertiary/aromatic N) is 4. The molecule has 16 heteroatoms. The average molecular weight is 849 g/mol. The minimum absolute atomic E-state index is 0.0297. The lowest BCUT2D eigenvalue weighted by atomic mass is 9.92. The second kappa shape index (κ2) is 17.3. The number of hydrogen-bond acceptors (Lipinski definition) is 10. The first-order chi connectivity index (χ1) is 29.8. The Morgan fingerprint density at radius 3 is 2.35 bits per heavy atom. The van der Waals surface area contributed by atoms with E-state index in [1.165, 1.54) is 21.3 Å². The lowest BCUT2D eigenvalue weighted by Crippen LogP contribution is -2.54. The molecular formula is C46H56N8O8.